The lowest BCUT2D eigenvalue weighted by Gasteiger charge is -2.62. The summed E-state index contributed by atoms with van der Waals surface area (Å²) in [5.41, 5.74) is -2.40. The van der Waals surface area contributed by atoms with Crippen LogP contribution in [0.1, 0.15) is 99.3 Å². The zero-order valence-corrected chi connectivity index (χ0v) is 33.2. The van der Waals surface area contributed by atoms with E-state index in [0.29, 0.717) is 24.7 Å². The molecule has 1 heterocycles. The highest BCUT2D eigenvalue weighted by atomic mass is 28.4. The van der Waals surface area contributed by atoms with Crippen molar-refractivity contribution in [3.8, 4) is 0 Å². The quantitative estimate of drug-likeness (QED) is 0.155. The van der Waals surface area contributed by atoms with Crippen LogP contribution in [0.2, 0.25) is 0 Å². The average molecular weight is 733 g/mol. The molecule has 4 aliphatic carbocycles. The van der Waals surface area contributed by atoms with Crippen molar-refractivity contribution in [3.05, 3.63) is 60.7 Å². The molecular formula is C43H60O8Si. The fraction of sp³-hybridized carbons (Fsp3) is 0.651. The van der Waals surface area contributed by atoms with E-state index in [1.54, 1.807) is 0 Å². The molecule has 7 rings (SSSR count). The molecule has 0 spiro atoms. The number of ether oxygens (including phenoxy) is 3. The van der Waals surface area contributed by atoms with Crippen LogP contribution in [0.15, 0.2) is 60.7 Å². The number of cyclic esters (lactones) is 2. The number of hydrogen-bond acceptors (Lipinski definition) is 8. The lowest BCUT2D eigenvalue weighted by Crippen LogP contribution is -2.64. The molecule has 2 aromatic rings. The molecule has 8 nitrogen and oxygen atoms in total. The smallest absolute Gasteiger partial charge is 0.407 e. The van der Waals surface area contributed by atoms with Crippen LogP contribution in [0.4, 0.5) is 0 Å². The van der Waals surface area contributed by atoms with Crippen LogP contribution in [0.5, 0.6) is 0 Å². The molecular weight excluding hydrogens is 673 g/mol. The van der Waals surface area contributed by atoms with Crippen LogP contribution in [0, 0.1) is 46.3 Å². The molecule has 5 fully saturated rings. The molecule has 2 aromatic carbocycles. The van der Waals surface area contributed by atoms with Crippen LogP contribution < -0.4 is 10.4 Å². The van der Waals surface area contributed by atoms with Crippen LogP contribution in [0.3, 0.4) is 0 Å². The Balaban J connectivity index is 1.26. The molecule has 4 bridgehead atoms. The number of carbonyl (C=O) groups is 3. The lowest BCUT2D eigenvalue weighted by molar-refractivity contribution is -0.233. The summed E-state index contributed by atoms with van der Waals surface area (Å²) in [5.74, 6) is 0.683. The van der Waals surface area contributed by atoms with Crippen LogP contribution in [-0.4, -0.2) is 58.5 Å². The van der Waals surface area contributed by atoms with E-state index >= 15 is 0 Å². The molecule has 4 saturated carbocycles. The van der Waals surface area contributed by atoms with Gasteiger partial charge in [0.1, 0.15) is 18.8 Å². The molecule has 3 atom stereocenters. The van der Waals surface area contributed by atoms with Gasteiger partial charge in [-0.25, -0.2) is 0 Å². The van der Waals surface area contributed by atoms with E-state index < -0.39 is 42.8 Å². The normalized spacial score (nSPS) is 33.4. The van der Waals surface area contributed by atoms with Crippen molar-refractivity contribution in [1.29, 1.82) is 0 Å². The summed E-state index contributed by atoms with van der Waals surface area (Å²) in [6.45, 7) is 12.5. The van der Waals surface area contributed by atoms with Crippen molar-refractivity contribution in [1.82, 2.24) is 0 Å². The third-order valence-corrected chi connectivity index (χ3v) is 16.8. The van der Waals surface area contributed by atoms with Gasteiger partial charge in [0, 0.05) is 0 Å². The molecule has 284 valence electrons. The molecule has 1 saturated heterocycles. The predicted octanol–water partition coefficient (Wildman–Crippen LogP) is 7.00. The zero-order valence-electron chi connectivity index (χ0n) is 32.2. The Labute approximate surface area is 311 Å². The van der Waals surface area contributed by atoms with Crippen LogP contribution >= 0.6 is 0 Å². The Morgan fingerprint density at radius 1 is 0.827 bits per heavy atom. The van der Waals surface area contributed by atoms with Crippen molar-refractivity contribution >= 4 is 36.8 Å². The topological polar surface area (TPSA) is 97.4 Å². The summed E-state index contributed by atoms with van der Waals surface area (Å²) >= 11 is 0. The Morgan fingerprint density at radius 3 is 1.83 bits per heavy atom. The highest BCUT2D eigenvalue weighted by Gasteiger charge is 2.62. The van der Waals surface area contributed by atoms with Gasteiger partial charge in [0.15, 0.2) is 0 Å². The third-order valence-electron chi connectivity index (χ3n) is 13.4. The zero-order chi connectivity index (χ0) is 37.1. The first-order chi connectivity index (χ1) is 24.9. The minimum absolute atomic E-state index is 0.00976. The van der Waals surface area contributed by atoms with Gasteiger partial charge in [-0.2, -0.15) is 0 Å². The second-order valence-electron chi connectivity index (χ2n) is 17.0. The SMILES string of the molecule is CCC1(C)CC(CC(C)(CC)C(=O)OC2(C(C)C)C3CC4CC(C3)CC2C4)C(=O)OCCO[Si](c2ccccc2)(c2ccccc2)OCCOC1=O. The maximum atomic E-state index is 14.6. The Bertz CT molecular complexity index is 1480. The molecule has 0 amide bonds. The maximum Gasteiger partial charge on any atom is 0.407 e. The highest BCUT2D eigenvalue weighted by Crippen LogP contribution is 2.62. The van der Waals surface area contributed by atoms with E-state index in [4.69, 9.17) is 23.1 Å². The minimum atomic E-state index is -3.30. The van der Waals surface area contributed by atoms with Gasteiger partial charge in [0.2, 0.25) is 0 Å². The van der Waals surface area contributed by atoms with Crippen molar-refractivity contribution < 1.29 is 37.4 Å². The third kappa shape index (κ3) is 7.39. The largest absolute Gasteiger partial charge is 0.463 e. The van der Waals surface area contributed by atoms with Crippen molar-refractivity contribution in [3.63, 3.8) is 0 Å². The number of carbonyl (C=O) groups excluding carboxylic acids is 3. The first-order valence-corrected chi connectivity index (χ1v) is 21.7. The fourth-order valence-electron chi connectivity index (χ4n) is 10.3. The van der Waals surface area contributed by atoms with Crippen LogP contribution in [-0.2, 0) is 37.4 Å². The molecule has 3 unspecified atom stereocenters. The van der Waals surface area contributed by atoms with E-state index in [1.807, 2.05) is 88.4 Å². The van der Waals surface area contributed by atoms with Gasteiger partial charge in [-0.05, 0) is 112 Å². The molecule has 0 radical (unpaired) electrons. The van der Waals surface area contributed by atoms with Gasteiger partial charge in [0.25, 0.3) is 0 Å². The van der Waals surface area contributed by atoms with E-state index in [2.05, 4.69) is 13.8 Å². The van der Waals surface area contributed by atoms with Crippen LogP contribution in [0.25, 0.3) is 0 Å². The highest BCUT2D eigenvalue weighted by molar-refractivity contribution is 6.92. The summed E-state index contributed by atoms with van der Waals surface area (Å²) in [4.78, 5) is 42.6. The summed E-state index contributed by atoms with van der Waals surface area (Å²) in [5, 5.41) is 1.80. The van der Waals surface area contributed by atoms with Gasteiger partial charge < -0.3 is 23.1 Å². The van der Waals surface area contributed by atoms with Gasteiger partial charge in [-0.15, -0.1) is 0 Å². The molecule has 0 aromatic heterocycles. The van der Waals surface area contributed by atoms with Crippen molar-refractivity contribution in [2.24, 2.45) is 46.3 Å². The fourth-order valence-corrected chi connectivity index (χ4v) is 13.4. The Kier molecular flexibility index (Phi) is 11.7. The van der Waals surface area contributed by atoms with Crippen molar-refractivity contribution in [2.75, 3.05) is 26.4 Å². The first kappa shape index (κ1) is 38.7. The van der Waals surface area contributed by atoms with Gasteiger partial charge in [-0.3, -0.25) is 14.4 Å². The lowest BCUT2D eigenvalue weighted by atomic mass is 9.47. The standard InChI is InChI=1S/C43H60O8Si/c1-7-41(5)28-33(29-42(6,8-2)40(46)51-43(30(3)4)34-24-31-23-32(26-34)27-35(43)25-31)38(44)47-19-21-49-52(36-15-11-9-12-16-36,37-17-13-10-14-18-37)50-22-20-48-39(41)45/h9-18,30-35H,7-8,19-29H2,1-6H3. The summed E-state index contributed by atoms with van der Waals surface area (Å²) in [7, 11) is -3.30. The van der Waals surface area contributed by atoms with E-state index in [-0.39, 0.29) is 51.2 Å². The molecule has 5 aliphatic rings. The van der Waals surface area contributed by atoms with Gasteiger partial charge >= 0.3 is 26.5 Å². The summed E-state index contributed by atoms with van der Waals surface area (Å²) < 4.78 is 32.1. The molecule has 9 heteroatoms. The second-order valence-corrected chi connectivity index (χ2v) is 19.9. The van der Waals surface area contributed by atoms with E-state index in [0.717, 1.165) is 47.9 Å². The maximum absolute atomic E-state index is 14.6. The summed E-state index contributed by atoms with van der Waals surface area (Å²) in [6, 6.07) is 19.6. The average Bonchev–Trinajstić information content (AvgIpc) is 3.15. The van der Waals surface area contributed by atoms with E-state index in [1.165, 1.54) is 6.42 Å². The van der Waals surface area contributed by atoms with Crippen molar-refractivity contribution in [2.45, 2.75) is 105 Å². The Morgan fingerprint density at radius 2 is 1.35 bits per heavy atom. The monoisotopic (exact) mass is 732 g/mol. The number of esters is 3. The van der Waals surface area contributed by atoms with Gasteiger partial charge in [-0.1, -0.05) is 88.4 Å². The second kappa shape index (κ2) is 15.8. The molecule has 0 N–H and O–H groups in total. The number of rotatable bonds is 9. The predicted molar refractivity (Wildman–Crippen MR) is 202 cm³/mol. The molecule has 52 heavy (non-hydrogen) atoms. The Hall–Kier alpha value is -3.01. The minimum Gasteiger partial charge on any atom is -0.463 e. The summed E-state index contributed by atoms with van der Waals surface area (Å²) in [6.07, 6.45) is 7.25. The number of hydrogen-bond donors (Lipinski definition) is 0. The van der Waals surface area contributed by atoms with E-state index in [9.17, 15) is 14.4 Å². The number of benzene rings is 2. The molecule has 1 aliphatic heterocycles. The first-order valence-electron chi connectivity index (χ1n) is 19.8. The van der Waals surface area contributed by atoms with Gasteiger partial charge in [0.05, 0.1) is 30.0 Å².